The molecule has 3 aromatic rings. The summed E-state index contributed by atoms with van der Waals surface area (Å²) in [5.41, 5.74) is 3.50. The van der Waals surface area contributed by atoms with Crippen LogP contribution in [0.2, 0.25) is 5.02 Å². The zero-order chi connectivity index (χ0) is 19.7. The monoisotopic (exact) mass is 425 g/mol. The van der Waals surface area contributed by atoms with E-state index in [2.05, 4.69) is 0 Å². The number of hydrogen-bond donors (Lipinski definition) is 0. The lowest BCUT2D eigenvalue weighted by atomic mass is 10.1. The summed E-state index contributed by atoms with van der Waals surface area (Å²) in [7, 11) is 0. The molecule has 1 aromatic heterocycles. The zero-order valence-corrected chi connectivity index (χ0v) is 17.4. The van der Waals surface area contributed by atoms with E-state index in [1.165, 1.54) is 11.8 Å². The number of nitrogens with zero attached hydrogens (tertiary/aromatic N) is 3. The van der Waals surface area contributed by atoms with E-state index in [0.29, 0.717) is 20.8 Å². The molecule has 0 unspecified atom stereocenters. The molecule has 0 radical (unpaired) electrons. The van der Waals surface area contributed by atoms with Crippen LogP contribution in [0.25, 0.3) is 23.0 Å². The topological polar surface area (TPSA) is 38.1 Å². The van der Waals surface area contributed by atoms with Crippen LogP contribution < -0.4 is 0 Å². The number of benzene rings is 2. The summed E-state index contributed by atoms with van der Waals surface area (Å²) in [6.45, 7) is 2.48. The van der Waals surface area contributed by atoms with Gasteiger partial charge in [0.1, 0.15) is 4.32 Å². The minimum Gasteiger partial charge on any atom is -0.293 e. The summed E-state index contributed by atoms with van der Waals surface area (Å²) in [6, 6.07) is 17.4. The van der Waals surface area contributed by atoms with Crippen LogP contribution in [0.4, 0.5) is 0 Å². The van der Waals surface area contributed by atoms with Gasteiger partial charge in [-0.05, 0) is 37.3 Å². The quantitative estimate of drug-likeness (QED) is 0.413. The second-order valence-electron chi connectivity index (χ2n) is 6.15. The highest BCUT2D eigenvalue weighted by atomic mass is 35.5. The number of hydrogen-bond acceptors (Lipinski definition) is 4. The number of rotatable bonds is 4. The SMILES string of the molecule is CCN1C(=O)C(=Cc2cn(-c3ccccc3)nc2-c2ccc(Cl)cc2)SC1=S. The molecule has 1 amide bonds. The molecule has 0 saturated carbocycles. The molecule has 140 valence electrons. The maximum Gasteiger partial charge on any atom is 0.266 e. The Hall–Kier alpha value is -2.41. The highest BCUT2D eigenvalue weighted by Crippen LogP contribution is 2.34. The van der Waals surface area contributed by atoms with Crippen LogP contribution >= 0.6 is 35.6 Å². The lowest BCUT2D eigenvalue weighted by Gasteiger charge is -2.09. The largest absolute Gasteiger partial charge is 0.293 e. The fraction of sp³-hybridized carbons (Fsp3) is 0.0952. The molecule has 4 nitrogen and oxygen atoms in total. The number of aromatic nitrogens is 2. The van der Waals surface area contributed by atoms with Gasteiger partial charge in [0.2, 0.25) is 0 Å². The molecular formula is C21H16ClN3OS2. The second kappa shape index (κ2) is 7.91. The molecule has 2 aromatic carbocycles. The van der Waals surface area contributed by atoms with E-state index in [-0.39, 0.29) is 5.91 Å². The van der Waals surface area contributed by atoms with Crippen molar-refractivity contribution in [1.82, 2.24) is 14.7 Å². The lowest BCUT2D eigenvalue weighted by molar-refractivity contribution is -0.121. The first kappa shape index (κ1) is 18.9. The Morgan fingerprint density at radius 3 is 2.50 bits per heavy atom. The van der Waals surface area contributed by atoms with Gasteiger partial charge in [-0.25, -0.2) is 4.68 Å². The van der Waals surface area contributed by atoms with E-state index < -0.39 is 0 Å². The minimum atomic E-state index is -0.0629. The number of para-hydroxylation sites is 1. The standard InChI is InChI=1S/C21H16ClN3OS2/c1-2-24-20(26)18(28-21(24)27)12-15-13-25(17-6-4-3-5-7-17)23-19(15)14-8-10-16(22)11-9-14/h3-13H,2H2,1H3. The highest BCUT2D eigenvalue weighted by molar-refractivity contribution is 8.26. The second-order valence-corrected chi connectivity index (χ2v) is 8.26. The van der Waals surface area contributed by atoms with Gasteiger partial charge in [0.05, 0.1) is 16.3 Å². The van der Waals surface area contributed by atoms with Gasteiger partial charge in [0.25, 0.3) is 5.91 Å². The number of carbonyl (C=O) groups excluding carboxylic acids is 1. The van der Waals surface area contributed by atoms with Gasteiger partial charge in [0, 0.05) is 28.9 Å². The van der Waals surface area contributed by atoms with Crippen molar-refractivity contribution >= 4 is 51.9 Å². The molecule has 1 saturated heterocycles. The molecule has 0 aliphatic carbocycles. The summed E-state index contributed by atoms with van der Waals surface area (Å²) in [5, 5.41) is 5.43. The predicted octanol–water partition coefficient (Wildman–Crippen LogP) is 5.41. The van der Waals surface area contributed by atoms with Gasteiger partial charge in [-0.15, -0.1) is 0 Å². The maximum absolute atomic E-state index is 12.6. The Morgan fingerprint density at radius 1 is 1.14 bits per heavy atom. The Morgan fingerprint density at radius 2 is 1.86 bits per heavy atom. The molecule has 0 atom stereocenters. The summed E-state index contributed by atoms with van der Waals surface area (Å²) < 4.78 is 2.40. The summed E-state index contributed by atoms with van der Waals surface area (Å²) in [4.78, 5) is 14.8. The van der Waals surface area contributed by atoms with E-state index in [0.717, 1.165) is 22.5 Å². The first-order chi connectivity index (χ1) is 13.6. The smallest absolute Gasteiger partial charge is 0.266 e. The van der Waals surface area contributed by atoms with Gasteiger partial charge in [0.15, 0.2) is 0 Å². The van der Waals surface area contributed by atoms with Crippen molar-refractivity contribution in [3.05, 3.63) is 76.3 Å². The maximum atomic E-state index is 12.6. The Balaban J connectivity index is 1.82. The number of likely N-dealkylation sites (N-methyl/N-ethyl adjacent to an activating group) is 1. The Kier molecular flexibility index (Phi) is 5.35. The molecule has 1 aliphatic heterocycles. The normalized spacial score (nSPS) is 15.6. The van der Waals surface area contributed by atoms with E-state index in [4.69, 9.17) is 28.9 Å². The fourth-order valence-corrected chi connectivity index (χ4v) is 4.45. The molecule has 7 heteroatoms. The lowest BCUT2D eigenvalue weighted by Crippen LogP contribution is -2.27. The van der Waals surface area contributed by atoms with Crippen LogP contribution in [0, 0.1) is 0 Å². The molecule has 1 aliphatic rings. The van der Waals surface area contributed by atoms with Crippen LogP contribution in [-0.2, 0) is 4.79 Å². The third-order valence-electron chi connectivity index (χ3n) is 4.36. The average Bonchev–Trinajstić information content (AvgIpc) is 3.24. The van der Waals surface area contributed by atoms with Gasteiger partial charge >= 0.3 is 0 Å². The fourth-order valence-electron chi connectivity index (χ4n) is 2.95. The Labute approximate surface area is 177 Å². The van der Waals surface area contributed by atoms with E-state index in [1.54, 1.807) is 4.90 Å². The first-order valence-corrected chi connectivity index (χ1v) is 10.3. The zero-order valence-electron chi connectivity index (χ0n) is 15.0. The number of amides is 1. The predicted molar refractivity (Wildman–Crippen MR) is 120 cm³/mol. The first-order valence-electron chi connectivity index (χ1n) is 8.73. The summed E-state index contributed by atoms with van der Waals surface area (Å²) in [6.07, 6.45) is 3.79. The number of carbonyl (C=O) groups is 1. The van der Waals surface area contributed by atoms with Gasteiger partial charge in [-0.1, -0.05) is 65.9 Å². The minimum absolute atomic E-state index is 0.0629. The van der Waals surface area contributed by atoms with Crippen molar-refractivity contribution in [2.24, 2.45) is 0 Å². The molecule has 2 heterocycles. The van der Waals surface area contributed by atoms with Crippen molar-refractivity contribution < 1.29 is 4.79 Å². The van der Waals surface area contributed by atoms with Gasteiger partial charge < -0.3 is 0 Å². The highest BCUT2D eigenvalue weighted by Gasteiger charge is 2.31. The third kappa shape index (κ3) is 3.63. The summed E-state index contributed by atoms with van der Waals surface area (Å²) >= 11 is 12.7. The van der Waals surface area contributed by atoms with Crippen molar-refractivity contribution in [2.45, 2.75) is 6.92 Å². The molecule has 1 fully saturated rings. The van der Waals surface area contributed by atoms with E-state index in [9.17, 15) is 4.79 Å². The third-order valence-corrected chi connectivity index (χ3v) is 5.99. The van der Waals surface area contributed by atoms with E-state index >= 15 is 0 Å². The Bertz CT molecular complexity index is 1070. The van der Waals surface area contributed by atoms with Crippen molar-refractivity contribution in [2.75, 3.05) is 6.54 Å². The molecule has 4 rings (SSSR count). The molecular weight excluding hydrogens is 410 g/mol. The van der Waals surface area contributed by atoms with Crippen LogP contribution in [-0.4, -0.2) is 31.5 Å². The molecule has 28 heavy (non-hydrogen) atoms. The van der Waals surface area contributed by atoms with Crippen LogP contribution in [0.3, 0.4) is 0 Å². The van der Waals surface area contributed by atoms with Crippen molar-refractivity contribution in [3.63, 3.8) is 0 Å². The van der Waals surface area contributed by atoms with Crippen molar-refractivity contribution in [1.29, 1.82) is 0 Å². The van der Waals surface area contributed by atoms with Crippen LogP contribution in [0.1, 0.15) is 12.5 Å². The van der Waals surface area contributed by atoms with Crippen LogP contribution in [0.5, 0.6) is 0 Å². The number of thioether (sulfide) groups is 1. The van der Waals surface area contributed by atoms with Crippen molar-refractivity contribution in [3.8, 4) is 16.9 Å². The summed E-state index contributed by atoms with van der Waals surface area (Å²) in [5.74, 6) is -0.0629. The average molecular weight is 426 g/mol. The van der Waals surface area contributed by atoms with Crippen LogP contribution in [0.15, 0.2) is 65.7 Å². The molecule has 0 bridgehead atoms. The van der Waals surface area contributed by atoms with Gasteiger partial charge in [-0.2, -0.15) is 5.10 Å². The molecule has 0 N–H and O–H groups in total. The number of thiocarbonyl (C=S) groups is 1. The molecule has 0 spiro atoms. The number of halogens is 1. The van der Waals surface area contributed by atoms with E-state index in [1.807, 2.05) is 78.5 Å². The van der Waals surface area contributed by atoms with Gasteiger partial charge in [-0.3, -0.25) is 9.69 Å².